The number of hydrogen-bond acceptors (Lipinski definition) is 4. The van der Waals surface area contributed by atoms with Crippen LogP contribution in [0.3, 0.4) is 0 Å². The third-order valence-electron chi connectivity index (χ3n) is 5.15. The maximum Gasteiger partial charge on any atom is 0.416 e. The number of rotatable bonds is 4. The summed E-state index contributed by atoms with van der Waals surface area (Å²) in [4.78, 5) is 6.17. The SMILES string of the molecule is O[C@H](c1cccnc1)c1ccc2c(c1)CN(Cc1ccc(C(F)(F)F)cc1)CCO2. The third kappa shape index (κ3) is 4.63. The van der Waals surface area contributed by atoms with Crippen molar-refractivity contribution >= 4 is 0 Å². The standard InChI is InChI=1S/C23H21F3N2O2/c24-23(25,26)20-6-3-16(4-7-20)14-28-10-11-30-21-8-5-17(12-19(21)15-28)22(29)18-2-1-9-27-13-18/h1-9,12-13,22,29H,10-11,14-15H2/t22-/m0/s1. The highest BCUT2D eigenvalue weighted by molar-refractivity contribution is 5.41. The van der Waals surface area contributed by atoms with Gasteiger partial charge in [-0.1, -0.05) is 24.3 Å². The third-order valence-corrected chi connectivity index (χ3v) is 5.15. The number of aromatic nitrogens is 1. The number of pyridine rings is 1. The van der Waals surface area contributed by atoms with Crippen molar-refractivity contribution in [2.45, 2.75) is 25.4 Å². The predicted octanol–water partition coefficient (Wildman–Crippen LogP) is 4.58. The van der Waals surface area contributed by atoms with Crippen LogP contribution in [0.4, 0.5) is 13.2 Å². The summed E-state index contributed by atoms with van der Waals surface area (Å²) in [6.07, 6.45) is -1.85. The number of fused-ring (bicyclic) bond motifs is 1. The zero-order valence-electron chi connectivity index (χ0n) is 16.1. The molecule has 0 radical (unpaired) electrons. The summed E-state index contributed by atoms with van der Waals surface area (Å²) in [5, 5.41) is 10.7. The minimum atomic E-state index is -4.33. The fourth-order valence-electron chi connectivity index (χ4n) is 3.56. The molecule has 0 aliphatic carbocycles. The molecule has 4 rings (SSSR count). The van der Waals surface area contributed by atoms with Crippen LogP contribution in [-0.4, -0.2) is 28.1 Å². The van der Waals surface area contributed by atoms with E-state index < -0.39 is 17.8 Å². The van der Waals surface area contributed by atoms with Gasteiger partial charge in [-0.2, -0.15) is 13.2 Å². The molecule has 1 aliphatic rings. The molecule has 0 fully saturated rings. The van der Waals surface area contributed by atoms with Crippen molar-refractivity contribution in [2.24, 2.45) is 0 Å². The van der Waals surface area contributed by atoms with Crippen molar-refractivity contribution in [1.29, 1.82) is 0 Å². The van der Waals surface area contributed by atoms with Gasteiger partial charge in [0, 0.05) is 43.2 Å². The Hall–Kier alpha value is -2.90. The minimum Gasteiger partial charge on any atom is -0.492 e. The fraction of sp³-hybridized carbons (Fsp3) is 0.261. The molecule has 0 saturated heterocycles. The van der Waals surface area contributed by atoms with E-state index in [0.29, 0.717) is 31.8 Å². The molecule has 7 heteroatoms. The molecule has 0 unspecified atom stereocenters. The number of nitrogens with zero attached hydrogens (tertiary/aromatic N) is 2. The Labute approximate surface area is 172 Å². The second-order valence-corrected chi connectivity index (χ2v) is 7.31. The van der Waals surface area contributed by atoms with Gasteiger partial charge in [-0.25, -0.2) is 0 Å². The van der Waals surface area contributed by atoms with Crippen LogP contribution in [-0.2, 0) is 19.3 Å². The molecule has 0 bridgehead atoms. The molecule has 3 aromatic rings. The topological polar surface area (TPSA) is 45.6 Å². The van der Waals surface area contributed by atoms with Crippen molar-refractivity contribution in [3.05, 3.63) is 94.8 Å². The predicted molar refractivity (Wildman–Crippen MR) is 106 cm³/mol. The van der Waals surface area contributed by atoms with Gasteiger partial charge in [-0.3, -0.25) is 9.88 Å². The molecule has 0 spiro atoms. The van der Waals surface area contributed by atoms with Gasteiger partial charge < -0.3 is 9.84 Å². The number of aliphatic hydroxyl groups is 1. The number of benzene rings is 2. The van der Waals surface area contributed by atoms with E-state index in [9.17, 15) is 18.3 Å². The van der Waals surface area contributed by atoms with E-state index in [-0.39, 0.29) is 0 Å². The van der Waals surface area contributed by atoms with Crippen LogP contribution in [0, 0.1) is 0 Å². The maximum absolute atomic E-state index is 12.8. The van der Waals surface area contributed by atoms with Gasteiger partial charge in [0.25, 0.3) is 0 Å². The van der Waals surface area contributed by atoms with Crippen LogP contribution < -0.4 is 4.74 Å². The first kappa shape index (κ1) is 20.4. The highest BCUT2D eigenvalue weighted by Gasteiger charge is 2.30. The van der Waals surface area contributed by atoms with Crippen LogP contribution in [0.25, 0.3) is 0 Å². The van der Waals surface area contributed by atoms with Crippen LogP contribution in [0.2, 0.25) is 0 Å². The second-order valence-electron chi connectivity index (χ2n) is 7.31. The molecule has 1 aliphatic heterocycles. The van der Waals surface area contributed by atoms with Crippen molar-refractivity contribution in [1.82, 2.24) is 9.88 Å². The molecule has 2 aromatic carbocycles. The summed E-state index contributed by atoms with van der Waals surface area (Å²) in [6.45, 7) is 2.22. The number of ether oxygens (including phenoxy) is 1. The zero-order valence-corrected chi connectivity index (χ0v) is 16.1. The van der Waals surface area contributed by atoms with Crippen LogP contribution >= 0.6 is 0 Å². The molecule has 0 amide bonds. The van der Waals surface area contributed by atoms with E-state index in [1.54, 1.807) is 18.5 Å². The molecule has 4 nitrogen and oxygen atoms in total. The summed E-state index contributed by atoms with van der Waals surface area (Å²) in [5.74, 6) is 0.757. The smallest absolute Gasteiger partial charge is 0.416 e. The maximum atomic E-state index is 12.8. The molecular weight excluding hydrogens is 393 g/mol. The van der Waals surface area contributed by atoms with Crippen LogP contribution in [0.1, 0.15) is 33.9 Å². The molecule has 1 aromatic heterocycles. The lowest BCUT2D eigenvalue weighted by atomic mass is 10.00. The van der Waals surface area contributed by atoms with Gasteiger partial charge in [-0.05, 0) is 41.5 Å². The van der Waals surface area contributed by atoms with E-state index in [0.717, 1.165) is 34.6 Å². The van der Waals surface area contributed by atoms with Crippen LogP contribution in [0.15, 0.2) is 67.0 Å². The molecule has 0 saturated carbocycles. The van der Waals surface area contributed by atoms with Crippen molar-refractivity contribution in [3.8, 4) is 5.75 Å². The fourth-order valence-corrected chi connectivity index (χ4v) is 3.56. The lowest BCUT2D eigenvalue weighted by Crippen LogP contribution is -2.25. The summed E-state index contributed by atoms with van der Waals surface area (Å²) in [5.41, 5.74) is 2.53. The van der Waals surface area contributed by atoms with E-state index >= 15 is 0 Å². The Morgan fingerprint density at radius 2 is 1.87 bits per heavy atom. The highest BCUT2D eigenvalue weighted by Crippen LogP contribution is 2.31. The van der Waals surface area contributed by atoms with Gasteiger partial charge in [-0.15, -0.1) is 0 Å². The van der Waals surface area contributed by atoms with Gasteiger partial charge in [0.15, 0.2) is 0 Å². The first-order valence-electron chi connectivity index (χ1n) is 9.62. The molecular formula is C23H21F3N2O2. The summed E-state index contributed by atoms with van der Waals surface area (Å²) in [6, 6.07) is 14.4. The number of halogens is 3. The Bertz CT molecular complexity index is 992. The largest absolute Gasteiger partial charge is 0.492 e. The Kier molecular flexibility index (Phi) is 5.74. The quantitative estimate of drug-likeness (QED) is 0.679. The van der Waals surface area contributed by atoms with E-state index in [1.165, 1.54) is 12.1 Å². The van der Waals surface area contributed by atoms with Crippen molar-refractivity contribution in [2.75, 3.05) is 13.2 Å². The monoisotopic (exact) mass is 414 g/mol. The lowest BCUT2D eigenvalue weighted by molar-refractivity contribution is -0.137. The van der Waals surface area contributed by atoms with E-state index in [4.69, 9.17) is 4.74 Å². The summed E-state index contributed by atoms with van der Waals surface area (Å²) < 4.78 is 44.2. The normalized spacial score (nSPS) is 15.7. The Morgan fingerprint density at radius 3 is 2.57 bits per heavy atom. The van der Waals surface area contributed by atoms with E-state index in [1.807, 2.05) is 24.3 Å². The molecule has 1 atom stereocenters. The van der Waals surface area contributed by atoms with Gasteiger partial charge >= 0.3 is 6.18 Å². The second kappa shape index (κ2) is 8.45. The summed E-state index contributed by atoms with van der Waals surface area (Å²) in [7, 11) is 0. The van der Waals surface area contributed by atoms with Gasteiger partial charge in [0.1, 0.15) is 18.5 Å². The van der Waals surface area contributed by atoms with Crippen molar-refractivity contribution in [3.63, 3.8) is 0 Å². The molecule has 2 heterocycles. The number of aliphatic hydroxyl groups excluding tert-OH is 1. The van der Waals surface area contributed by atoms with Crippen molar-refractivity contribution < 1.29 is 23.0 Å². The first-order chi connectivity index (χ1) is 14.4. The number of alkyl halides is 3. The zero-order chi connectivity index (χ0) is 21.1. The molecule has 156 valence electrons. The number of hydrogen-bond donors (Lipinski definition) is 1. The van der Waals surface area contributed by atoms with E-state index in [2.05, 4.69) is 9.88 Å². The first-order valence-corrected chi connectivity index (χ1v) is 9.62. The highest BCUT2D eigenvalue weighted by atomic mass is 19.4. The molecule has 1 N–H and O–H groups in total. The van der Waals surface area contributed by atoms with Gasteiger partial charge in [0.05, 0.1) is 5.56 Å². The molecule has 30 heavy (non-hydrogen) atoms. The van der Waals surface area contributed by atoms with Crippen LogP contribution in [0.5, 0.6) is 5.75 Å². The lowest BCUT2D eigenvalue weighted by Gasteiger charge is -2.20. The minimum absolute atomic E-state index is 0.484. The Morgan fingerprint density at radius 1 is 1.07 bits per heavy atom. The van der Waals surface area contributed by atoms with Gasteiger partial charge in [0.2, 0.25) is 0 Å². The average molecular weight is 414 g/mol. The summed E-state index contributed by atoms with van der Waals surface area (Å²) >= 11 is 0. The average Bonchev–Trinajstić information content (AvgIpc) is 2.94. The Balaban J connectivity index is 1.51.